The Hall–Kier alpha value is -3.79. The predicted octanol–water partition coefficient (Wildman–Crippen LogP) is 6.46. The molecule has 0 saturated carbocycles. The number of rotatable bonds is 13. The van der Waals surface area contributed by atoms with Crippen LogP contribution in [0.15, 0.2) is 71.7 Å². The molecule has 1 aliphatic rings. The molecule has 0 saturated heterocycles. The van der Waals surface area contributed by atoms with Crippen molar-refractivity contribution in [2.24, 2.45) is 4.99 Å². The summed E-state index contributed by atoms with van der Waals surface area (Å²) in [6, 6.07) is 19.4. The molecule has 240 valence electrons. The van der Waals surface area contributed by atoms with Crippen molar-refractivity contribution in [3.63, 3.8) is 0 Å². The molecule has 2 atom stereocenters. The maximum absolute atomic E-state index is 14.3. The number of amides is 1. The van der Waals surface area contributed by atoms with E-state index in [1.165, 1.54) is 0 Å². The Balaban J connectivity index is 1.74. The van der Waals surface area contributed by atoms with Crippen molar-refractivity contribution in [2.45, 2.75) is 63.8 Å². The number of nitrogens with one attached hydrogen (secondary N) is 1. The van der Waals surface area contributed by atoms with Gasteiger partial charge in [-0.05, 0) is 86.8 Å². The second kappa shape index (κ2) is 15.0. The molecule has 0 spiro atoms. The number of aliphatic hydroxyl groups excluding tert-OH is 1. The molecule has 3 aromatic carbocycles. The topological polar surface area (TPSA) is 116 Å². The predicted molar refractivity (Wildman–Crippen MR) is 173 cm³/mol. The number of benzene rings is 3. The summed E-state index contributed by atoms with van der Waals surface area (Å²) >= 11 is 12.3. The van der Waals surface area contributed by atoms with Gasteiger partial charge >= 0.3 is 5.97 Å². The lowest BCUT2D eigenvalue weighted by molar-refractivity contribution is -0.155. The van der Waals surface area contributed by atoms with Crippen LogP contribution in [-0.2, 0) is 25.6 Å². The van der Waals surface area contributed by atoms with Crippen LogP contribution in [0.25, 0.3) is 0 Å². The van der Waals surface area contributed by atoms with E-state index in [1.54, 1.807) is 88.5 Å². The molecule has 0 radical (unpaired) electrons. The summed E-state index contributed by atoms with van der Waals surface area (Å²) in [7, 11) is 1.56. The van der Waals surface area contributed by atoms with E-state index in [0.717, 1.165) is 5.56 Å². The molecule has 0 aliphatic carbocycles. The van der Waals surface area contributed by atoms with Crippen LogP contribution in [0.4, 0.5) is 0 Å². The number of hydrogen-bond acceptors (Lipinski definition) is 8. The van der Waals surface area contributed by atoms with Gasteiger partial charge in [0.15, 0.2) is 11.6 Å². The molecule has 11 heteroatoms. The van der Waals surface area contributed by atoms with Crippen LogP contribution in [0, 0.1) is 0 Å². The third-order valence-corrected chi connectivity index (χ3v) is 7.73. The maximum Gasteiger partial charge on any atom is 0.306 e. The first kappa shape index (κ1) is 34.1. The summed E-state index contributed by atoms with van der Waals surface area (Å²) < 4.78 is 23.2. The van der Waals surface area contributed by atoms with Gasteiger partial charge in [0, 0.05) is 31.6 Å². The minimum Gasteiger partial charge on any atom is -0.497 e. The van der Waals surface area contributed by atoms with Gasteiger partial charge in [-0.3, -0.25) is 9.59 Å². The van der Waals surface area contributed by atoms with Gasteiger partial charge in [0.2, 0.25) is 5.90 Å². The summed E-state index contributed by atoms with van der Waals surface area (Å²) in [6.45, 7) is 5.91. The zero-order chi connectivity index (χ0) is 32.6. The molecule has 0 unspecified atom stereocenters. The fraction of sp³-hybridized carbons (Fsp3) is 0.382. The highest BCUT2D eigenvalue weighted by Gasteiger charge is 2.53. The highest BCUT2D eigenvalue weighted by molar-refractivity contribution is 6.42. The van der Waals surface area contributed by atoms with Gasteiger partial charge in [0.05, 0.1) is 23.8 Å². The number of esters is 1. The normalized spacial score (nSPS) is 17.7. The third-order valence-electron chi connectivity index (χ3n) is 6.99. The number of hydrogen-bond donors (Lipinski definition) is 2. The number of aliphatic imine (C=N–C) groups is 1. The van der Waals surface area contributed by atoms with Crippen LogP contribution in [-0.4, -0.2) is 54.3 Å². The SMILES string of the molecule is COc1cccc([C@H]2OC(c3ccc(OCCCO)cc3)=N[C@@]2(CCC(=O)OC(C)(C)C)C(=O)NCc2ccc(Cl)c(Cl)c2)c1. The van der Waals surface area contributed by atoms with Gasteiger partial charge in [-0.2, -0.15) is 0 Å². The van der Waals surface area contributed by atoms with E-state index in [2.05, 4.69) is 5.32 Å². The van der Waals surface area contributed by atoms with E-state index >= 15 is 0 Å². The average Bonchev–Trinajstić information content (AvgIpc) is 3.41. The molecule has 1 aliphatic heterocycles. The standard InChI is InChI=1S/C34H38Cl2N2O7/c1-33(2,3)45-29(40)15-16-34(32(41)37-21-22-9-14-27(35)28(36)19-22)30(24-7-5-8-26(20-24)42-4)44-31(38-34)23-10-12-25(13-11-23)43-18-6-17-39/h5,7-14,19-20,30,39H,6,15-18,21H2,1-4H3,(H,37,41)/t30-,34-/m1/s1. The molecule has 0 fully saturated rings. The Labute approximate surface area is 273 Å². The molecule has 1 amide bonds. The van der Waals surface area contributed by atoms with Crippen LogP contribution < -0.4 is 14.8 Å². The zero-order valence-corrected chi connectivity index (χ0v) is 27.3. The second-order valence-electron chi connectivity index (χ2n) is 11.6. The summed E-state index contributed by atoms with van der Waals surface area (Å²) in [5.74, 6) is 0.524. The van der Waals surface area contributed by atoms with Gasteiger partial charge in [0.25, 0.3) is 5.91 Å². The molecule has 0 aromatic heterocycles. The summed E-state index contributed by atoms with van der Waals surface area (Å²) in [5.41, 5.74) is -0.253. The monoisotopic (exact) mass is 656 g/mol. The fourth-order valence-corrected chi connectivity index (χ4v) is 5.17. The van der Waals surface area contributed by atoms with Crippen molar-refractivity contribution in [3.05, 3.63) is 93.5 Å². The second-order valence-corrected chi connectivity index (χ2v) is 12.4. The highest BCUT2D eigenvalue weighted by Crippen LogP contribution is 2.44. The first-order chi connectivity index (χ1) is 21.4. The molecule has 4 rings (SSSR count). The van der Waals surface area contributed by atoms with Crippen LogP contribution in [0.2, 0.25) is 10.0 Å². The Bertz CT molecular complexity index is 1520. The molecular weight excluding hydrogens is 619 g/mol. The molecule has 1 heterocycles. The number of carbonyl (C=O) groups is 2. The average molecular weight is 658 g/mol. The van der Waals surface area contributed by atoms with E-state index < -0.39 is 29.1 Å². The van der Waals surface area contributed by atoms with Crippen LogP contribution in [0.3, 0.4) is 0 Å². The van der Waals surface area contributed by atoms with E-state index in [0.29, 0.717) is 45.7 Å². The van der Waals surface area contributed by atoms with Crippen molar-refractivity contribution in [2.75, 3.05) is 20.3 Å². The number of carbonyl (C=O) groups excluding carboxylic acids is 2. The van der Waals surface area contributed by atoms with E-state index in [4.69, 9.17) is 52.2 Å². The van der Waals surface area contributed by atoms with Crippen molar-refractivity contribution < 1.29 is 33.6 Å². The van der Waals surface area contributed by atoms with Gasteiger partial charge in [-0.15, -0.1) is 0 Å². The lowest BCUT2D eigenvalue weighted by Gasteiger charge is -2.31. The number of nitrogens with zero attached hydrogens (tertiary/aromatic N) is 1. The van der Waals surface area contributed by atoms with Crippen molar-refractivity contribution in [1.29, 1.82) is 0 Å². The fourth-order valence-electron chi connectivity index (χ4n) is 4.85. The van der Waals surface area contributed by atoms with Gasteiger partial charge in [-0.1, -0.05) is 41.4 Å². The van der Waals surface area contributed by atoms with Crippen molar-refractivity contribution in [1.82, 2.24) is 5.32 Å². The summed E-state index contributed by atoms with van der Waals surface area (Å²) in [5, 5.41) is 12.8. The Morgan fingerprint density at radius 1 is 1.02 bits per heavy atom. The molecule has 3 aromatic rings. The first-order valence-corrected chi connectivity index (χ1v) is 15.4. The Morgan fingerprint density at radius 2 is 1.78 bits per heavy atom. The van der Waals surface area contributed by atoms with Crippen molar-refractivity contribution >= 4 is 41.0 Å². The van der Waals surface area contributed by atoms with Gasteiger partial charge < -0.3 is 29.4 Å². The van der Waals surface area contributed by atoms with Crippen LogP contribution in [0.1, 0.15) is 62.8 Å². The lowest BCUT2D eigenvalue weighted by atomic mass is 9.83. The third kappa shape index (κ3) is 8.90. The number of ether oxygens (including phenoxy) is 4. The largest absolute Gasteiger partial charge is 0.497 e. The summed E-state index contributed by atoms with van der Waals surface area (Å²) in [6.07, 6.45) is -0.477. The highest BCUT2D eigenvalue weighted by atomic mass is 35.5. The number of aliphatic hydroxyl groups is 1. The van der Waals surface area contributed by atoms with E-state index in [9.17, 15) is 9.59 Å². The van der Waals surface area contributed by atoms with E-state index in [1.807, 2.05) is 6.07 Å². The quantitative estimate of drug-likeness (QED) is 0.160. The number of methoxy groups -OCH3 is 1. The Morgan fingerprint density at radius 3 is 2.44 bits per heavy atom. The molecule has 9 nitrogen and oxygen atoms in total. The smallest absolute Gasteiger partial charge is 0.306 e. The minimum absolute atomic E-state index is 0.00283. The molecular formula is C34H38Cl2N2O7. The Kier molecular flexibility index (Phi) is 11.4. The van der Waals surface area contributed by atoms with Crippen LogP contribution in [0.5, 0.6) is 11.5 Å². The number of halogens is 2. The molecule has 45 heavy (non-hydrogen) atoms. The first-order valence-electron chi connectivity index (χ1n) is 14.6. The van der Waals surface area contributed by atoms with E-state index in [-0.39, 0.29) is 31.9 Å². The van der Waals surface area contributed by atoms with Gasteiger partial charge in [-0.25, -0.2) is 4.99 Å². The zero-order valence-electron chi connectivity index (χ0n) is 25.8. The van der Waals surface area contributed by atoms with Crippen molar-refractivity contribution in [3.8, 4) is 11.5 Å². The lowest BCUT2D eigenvalue weighted by Crippen LogP contribution is -2.48. The maximum atomic E-state index is 14.3. The van der Waals surface area contributed by atoms with Gasteiger partial charge in [0.1, 0.15) is 17.1 Å². The summed E-state index contributed by atoms with van der Waals surface area (Å²) in [4.78, 5) is 32.2. The molecule has 0 bridgehead atoms. The molecule has 2 N–H and O–H groups in total. The van der Waals surface area contributed by atoms with Crippen LogP contribution >= 0.6 is 23.2 Å². The minimum atomic E-state index is -1.55.